The molecule has 2 aliphatic carbocycles. The van der Waals surface area contributed by atoms with Gasteiger partial charge in [0, 0.05) is 13.6 Å². The van der Waals surface area contributed by atoms with E-state index in [0.717, 1.165) is 24.3 Å². The molecule has 1 heterocycles. The highest BCUT2D eigenvalue weighted by atomic mass is 16.4. The van der Waals surface area contributed by atoms with E-state index < -0.39 is 0 Å². The molecule has 0 spiro atoms. The Hall–Kier alpha value is -1.10. The van der Waals surface area contributed by atoms with Gasteiger partial charge in [0.15, 0.2) is 0 Å². The molecule has 4 atom stereocenters. The van der Waals surface area contributed by atoms with Crippen LogP contribution in [0, 0.1) is 17.8 Å². The Balaban J connectivity index is 1.62. The first-order valence-corrected chi connectivity index (χ1v) is 6.93. The molecule has 0 aromatic carbocycles. The third kappa shape index (κ3) is 2.11. The first kappa shape index (κ1) is 12.0. The Bertz CT molecular complexity index is 417. The zero-order chi connectivity index (χ0) is 12.7. The maximum atomic E-state index is 5.73. The molecular formula is C13H22N4O. The van der Waals surface area contributed by atoms with Crippen molar-refractivity contribution in [1.82, 2.24) is 10.2 Å². The lowest BCUT2D eigenvalue weighted by Gasteiger charge is -2.25. The molecule has 2 N–H and O–H groups in total. The van der Waals surface area contributed by atoms with Crippen LogP contribution in [-0.4, -0.2) is 23.8 Å². The summed E-state index contributed by atoms with van der Waals surface area (Å²) < 4.78 is 5.58. The van der Waals surface area contributed by atoms with Crippen LogP contribution in [0.25, 0.3) is 0 Å². The second-order valence-corrected chi connectivity index (χ2v) is 6.03. The van der Waals surface area contributed by atoms with Gasteiger partial charge in [-0.3, -0.25) is 0 Å². The number of fused-ring (bicyclic) bond motifs is 2. The van der Waals surface area contributed by atoms with E-state index in [1.54, 1.807) is 0 Å². The second-order valence-electron chi connectivity index (χ2n) is 6.03. The third-order valence-electron chi connectivity index (χ3n) is 4.54. The van der Waals surface area contributed by atoms with Crippen molar-refractivity contribution in [2.45, 2.75) is 38.6 Å². The van der Waals surface area contributed by atoms with Gasteiger partial charge in [-0.1, -0.05) is 11.5 Å². The molecule has 1 aromatic heterocycles. The van der Waals surface area contributed by atoms with E-state index in [4.69, 9.17) is 10.2 Å². The molecule has 5 heteroatoms. The maximum Gasteiger partial charge on any atom is 0.317 e. The normalized spacial score (nSPS) is 31.8. The fourth-order valence-electron chi connectivity index (χ4n) is 3.59. The van der Waals surface area contributed by atoms with Gasteiger partial charge in [-0.05, 0) is 43.9 Å². The summed E-state index contributed by atoms with van der Waals surface area (Å²) in [6.07, 6.45) is 5.68. The Morgan fingerprint density at radius 3 is 2.78 bits per heavy atom. The highest BCUT2D eigenvalue weighted by Gasteiger charge is 2.40. The Morgan fingerprint density at radius 1 is 1.39 bits per heavy atom. The van der Waals surface area contributed by atoms with Crippen molar-refractivity contribution in [3.63, 3.8) is 0 Å². The van der Waals surface area contributed by atoms with E-state index in [9.17, 15) is 0 Å². The SMILES string of the molecule is CC(N)c1nnc(N(C)CC2CC3CCC2C3)o1. The zero-order valence-electron chi connectivity index (χ0n) is 11.2. The lowest BCUT2D eigenvalue weighted by atomic mass is 9.88. The molecule has 2 fully saturated rings. The minimum atomic E-state index is -0.192. The summed E-state index contributed by atoms with van der Waals surface area (Å²) in [6.45, 7) is 2.88. The molecule has 2 aliphatic rings. The van der Waals surface area contributed by atoms with Crippen molar-refractivity contribution in [2.24, 2.45) is 23.5 Å². The summed E-state index contributed by atoms with van der Waals surface area (Å²) in [5, 5.41) is 8.05. The maximum absolute atomic E-state index is 5.73. The average molecular weight is 250 g/mol. The van der Waals surface area contributed by atoms with E-state index in [0.29, 0.717) is 11.9 Å². The molecule has 18 heavy (non-hydrogen) atoms. The molecule has 5 nitrogen and oxygen atoms in total. The van der Waals surface area contributed by atoms with Gasteiger partial charge in [-0.2, -0.15) is 0 Å². The van der Waals surface area contributed by atoms with Crippen LogP contribution >= 0.6 is 0 Å². The third-order valence-corrected chi connectivity index (χ3v) is 4.54. The number of nitrogens with two attached hydrogens (primary N) is 1. The van der Waals surface area contributed by atoms with Crippen LogP contribution in [0.3, 0.4) is 0 Å². The van der Waals surface area contributed by atoms with Crippen LogP contribution in [0.1, 0.15) is 44.5 Å². The Labute approximate surface area is 108 Å². The fraction of sp³-hybridized carbons (Fsp3) is 0.846. The van der Waals surface area contributed by atoms with Crippen LogP contribution in [0.2, 0.25) is 0 Å². The number of aromatic nitrogens is 2. The second kappa shape index (κ2) is 4.53. The molecule has 100 valence electrons. The van der Waals surface area contributed by atoms with Crippen molar-refractivity contribution < 1.29 is 4.42 Å². The molecular weight excluding hydrogens is 228 g/mol. The van der Waals surface area contributed by atoms with E-state index in [1.165, 1.54) is 25.7 Å². The average Bonchev–Trinajstić information content (AvgIpc) is 3.04. The number of anilines is 1. The van der Waals surface area contributed by atoms with Crippen molar-refractivity contribution >= 4 is 6.01 Å². The van der Waals surface area contributed by atoms with E-state index in [-0.39, 0.29) is 6.04 Å². The number of nitrogens with zero attached hydrogens (tertiary/aromatic N) is 3. The summed E-state index contributed by atoms with van der Waals surface area (Å²) in [5.41, 5.74) is 5.73. The Morgan fingerprint density at radius 2 is 2.22 bits per heavy atom. The lowest BCUT2D eigenvalue weighted by molar-refractivity contribution is 0.331. The highest BCUT2D eigenvalue weighted by molar-refractivity contribution is 5.22. The minimum absolute atomic E-state index is 0.192. The molecule has 0 aliphatic heterocycles. The molecule has 1 aromatic rings. The first-order chi connectivity index (χ1) is 8.63. The molecule has 4 unspecified atom stereocenters. The van der Waals surface area contributed by atoms with Gasteiger partial charge in [-0.15, -0.1) is 5.10 Å². The molecule has 0 radical (unpaired) electrons. The van der Waals surface area contributed by atoms with Crippen LogP contribution in [0.15, 0.2) is 4.42 Å². The molecule has 3 rings (SSSR count). The summed E-state index contributed by atoms with van der Waals surface area (Å²) in [4.78, 5) is 2.09. The van der Waals surface area contributed by atoms with Crippen molar-refractivity contribution in [3.05, 3.63) is 5.89 Å². The quantitative estimate of drug-likeness (QED) is 0.884. The van der Waals surface area contributed by atoms with Gasteiger partial charge >= 0.3 is 6.01 Å². The monoisotopic (exact) mass is 250 g/mol. The smallest absolute Gasteiger partial charge is 0.317 e. The highest BCUT2D eigenvalue weighted by Crippen LogP contribution is 2.48. The van der Waals surface area contributed by atoms with E-state index >= 15 is 0 Å². The minimum Gasteiger partial charge on any atom is -0.406 e. The topological polar surface area (TPSA) is 68.2 Å². The predicted molar refractivity (Wildman–Crippen MR) is 69.1 cm³/mol. The summed E-state index contributed by atoms with van der Waals surface area (Å²) >= 11 is 0. The lowest BCUT2D eigenvalue weighted by Crippen LogP contribution is -2.28. The summed E-state index contributed by atoms with van der Waals surface area (Å²) in [5.74, 6) is 3.23. The van der Waals surface area contributed by atoms with Crippen LogP contribution < -0.4 is 10.6 Å². The van der Waals surface area contributed by atoms with Gasteiger partial charge in [0.1, 0.15) is 0 Å². The standard InChI is InChI=1S/C13H22N4O/c1-8(14)12-15-16-13(18-12)17(2)7-11-6-9-3-4-10(11)5-9/h8-11H,3-7,14H2,1-2H3. The van der Waals surface area contributed by atoms with E-state index in [2.05, 4.69) is 15.1 Å². The molecule has 0 saturated heterocycles. The largest absolute Gasteiger partial charge is 0.406 e. The van der Waals surface area contributed by atoms with Gasteiger partial charge in [-0.25, -0.2) is 0 Å². The van der Waals surface area contributed by atoms with Crippen molar-refractivity contribution in [2.75, 3.05) is 18.5 Å². The van der Waals surface area contributed by atoms with Gasteiger partial charge < -0.3 is 15.1 Å². The summed E-state index contributed by atoms with van der Waals surface area (Å²) in [7, 11) is 2.03. The van der Waals surface area contributed by atoms with Crippen molar-refractivity contribution in [1.29, 1.82) is 0 Å². The molecule has 2 bridgehead atoms. The number of rotatable bonds is 4. The van der Waals surface area contributed by atoms with Crippen molar-refractivity contribution in [3.8, 4) is 0 Å². The zero-order valence-corrected chi connectivity index (χ0v) is 11.2. The van der Waals surface area contributed by atoms with Gasteiger partial charge in [0.2, 0.25) is 5.89 Å². The first-order valence-electron chi connectivity index (χ1n) is 6.93. The number of hydrogen-bond acceptors (Lipinski definition) is 5. The van der Waals surface area contributed by atoms with E-state index in [1.807, 2.05) is 14.0 Å². The van der Waals surface area contributed by atoms with Gasteiger partial charge in [0.25, 0.3) is 0 Å². The summed E-state index contributed by atoms with van der Waals surface area (Å²) in [6, 6.07) is 0.409. The predicted octanol–water partition coefficient (Wildman–Crippen LogP) is 1.96. The van der Waals surface area contributed by atoms with Crippen LogP contribution in [-0.2, 0) is 0 Å². The Kier molecular flexibility index (Phi) is 3.01. The van der Waals surface area contributed by atoms with Crippen LogP contribution in [0.4, 0.5) is 6.01 Å². The molecule has 2 saturated carbocycles. The number of hydrogen-bond donors (Lipinski definition) is 1. The van der Waals surface area contributed by atoms with Crippen LogP contribution in [0.5, 0.6) is 0 Å². The fourth-order valence-corrected chi connectivity index (χ4v) is 3.59. The molecule has 0 amide bonds. The van der Waals surface area contributed by atoms with Gasteiger partial charge in [0.05, 0.1) is 6.04 Å².